The Morgan fingerprint density at radius 3 is 2.37 bits per heavy atom. The Labute approximate surface area is 347 Å². The number of cyclic esters (lactones) is 1. The van der Waals surface area contributed by atoms with E-state index < -0.39 is 77.2 Å². The van der Waals surface area contributed by atoms with E-state index in [2.05, 4.69) is 4.98 Å². The van der Waals surface area contributed by atoms with Gasteiger partial charge in [0, 0.05) is 55.5 Å². The summed E-state index contributed by atoms with van der Waals surface area (Å²) in [7, 11) is 5.19. The number of nitrogens with zero attached hydrogens (tertiary/aromatic N) is 6. The molecule has 0 aliphatic carbocycles. The highest BCUT2D eigenvalue weighted by molar-refractivity contribution is 6.08. The molecule has 1 aromatic carbocycles. The second-order valence-electron chi connectivity index (χ2n) is 17.8. The van der Waals surface area contributed by atoms with Gasteiger partial charge in [0.05, 0.1) is 29.8 Å². The van der Waals surface area contributed by atoms with E-state index in [-0.39, 0.29) is 31.2 Å². The second kappa shape index (κ2) is 17.3. The fraction of sp³-hybridized carbons (Fsp3) is 0.698. The molecule has 5 heterocycles. The van der Waals surface area contributed by atoms with Crippen LogP contribution in [0.1, 0.15) is 74.7 Å². The Morgan fingerprint density at radius 2 is 1.71 bits per heavy atom. The molecule has 0 spiro atoms. The molecule has 1 unspecified atom stereocenters. The number of amides is 1. The first-order valence-corrected chi connectivity index (χ1v) is 20.8. The third kappa shape index (κ3) is 8.58. The van der Waals surface area contributed by atoms with Crippen LogP contribution < -0.4 is 0 Å². The molecule has 2 aromatic rings. The molecular weight excluding hydrogens is 764 g/mol. The van der Waals surface area contributed by atoms with Crippen LogP contribution in [-0.4, -0.2) is 147 Å². The summed E-state index contributed by atoms with van der Waals surface area (Å²) in [5.41, 5.74) is -3.29. The Kier molecular flexibility index (Phi) is 13.1. The third-order valence-corrected chi connectivity index (χ3v) is 13.2. The molecule has 13 atom stereocenters. The smallest absolute Gasteiger partial charge is 0.425 e. The molecule has 1 N–H and O–H groups in total. The van der Waals surface area contributed by atoms with E-state index in [1.165, 1.54) is 14.0 Å². The summed E-state index contributed by atoms with van der Waals surface area (Å²) >= 11 is 0. The van der Waals surface area contributed by atoms with Crippen molar-refractivity contribution in [3.8, 4) is 11.3 Å². The van der Waals surface area contributed by atoms with Crippen LogP contribution in [0.4, 0.5) is 9.18 Å². The lowest BCUT2D eigenvalue weighted by Crippen LogP contribution is -2.62. The largest absolute Gasteiger partial charge is 0.456 e. The zero-order chi connectivity index (χ0) is 43.2. The van der Waals surface area contributed by atoms with Crippen molar-refractivity contribution in [1.82, 2.24) is 24.5 Å². The highest BCUT2D eigenvalue weighted by atomic mass is 19.1. The van der Waals surface area contributed by atoms with Gasteiger partial charge in [0.1, 0.15) is 24.9 Å². The summed E-state index contributed by atoms with van der Waals surface area (Å²) in [4.78, 5) is 53.8. The van der Waals surface area contributed by atoms with Crippen molar-refractivity contribution >= 4 is 23.6 Å². The average Bonchev–Trinajstić information content (AvgIpc) is 3.73. The maximum Gasteiger partial charge on any atom is 0.425 e. The van der Waals surface area contributed by atoms with Gasteiger partial charge in [-0.2, -0.15) is 5.01 Å². The first-order chi connectivity index (χ1) is 27.7. The number of likely N-dealkylation sites (N-methyl/N-ethyl adjacent to an activating group) is 1. The van der Waals surface area contributed by atoms with Gasteiger partial charge in [-0.05, 0) is 73.9 Å². The minimum absolute atomic E-state index is 0.131. The number of hydrogen-bond donors (Lipinski definition) is 1. The van der Waals surface area contributed by atoms with Crippen molar-refractivity contribution in [2.45, 2.75) is 141 Å². The number of aliphatic imine (C=N–C) groups is 1. The number of aromatic nitrogens is 2. The maximum absolute atomic E-state index is 16.9. The molecule has 15 nitrogen and oxygen atoms in total. The molecule has 1 aromatic heterocycles. The van der Waals surface area contributed by atoms with Crippen molar-refractivity contribution in [3.63, 3.8) is 0 Å². The Morgan fingerprint density at radius 1 is 1.02 bits per heavy atom. The summed E-state index contributed by atoms with van der Waals surface area (Å²) < 4.78 is 49.8. The van der Waals surface area contributed by atoms with E-state index in [4.69, 9.17) is 28.7 Å². The number of methoxy groups -OCH3 is 1. The van der Waals surface area contributed by atoms with Crippen LogP contribution in [0.2, 0.25) is 0 Å². The number of ether oxygens (including phenoxy) is 5. The van der Waals surface area contributed by atoms with Gasteiger partial charge < -0.3 is 38.3 Å². The summed E-state index contributed by atoms with van der Waals surface area (Å²) in [5, 5.41) is 14.9. The van der Waals surface area contributed by atoms with Gasteiger partial charge in [-0.1, -0.05) is 51.1 Å². The van der Waals surface area contributed by atoms with Gasteiger partial charge in [-0.15, -0.1) is 0 Å². The average molecular weight is 827 g/mol. The lowest BCUT2D eigenvalue weighted by Gasteiger charge is -2.47. The number of fused-ring (bicyclic) bond motifs is 1. The summed E-state index contributed by atoms with van der Waals surface area (Å²) in [6, 6.07) is 8.84. The number of imidazole rings is 1. The van der Waals surface area contributed by atoms with Crippen LogP contribution >= 0.6 is 0 Å². The van der Waals surface area contributed by atoms with Gasteiger partial charge >= 0.3 is 12.1 Å². The zero-order valence-electron chi connectivity index (χ0n) is 36.3. The van der Waals surface area contributed by atoms with Gasteiger partial charge in [0.2, 0.25) is 0 Å². The van der Waals surface area contributed by atoms with Crippen molar-refractivity contribution in [3.05, 3.63) is 42.9 Å². The van der Waals surface area contributed by atoms with Crippen LogP contribution in [0.5, 0.6) is 0 Å². The summed E-state index contributed by atoms with van der Waals surface area (Å²) in [5.74, 6) is -4.58. The molecule has 3 saturated heterocycles. The molecule has 0 radical (unpaired) electrons. The van der Waals surface area contributed by atoms with E-state index in [0.29, 0.717) is 25.9 Å². The Hall–Kier alpha value is -3.80. The first-order valence-electron chi connectivity index (χ1n) is 20.8. The lowest BCUT2D eigenvalue weighted by atomic mass is 9.73. The summed E-state index contributed by atoms with van der Waals surface area (Å²) in [6.45, 7) is 14.4. The molecule has 4 aliphatic heterocycles. The number of aliphatic hydroxyl groups excluding tert-OH is 1. The van der Waals surface area contributed by atoms with E-state index >= 15 is 4.39 Å². The SMILES string of the molecule is CO[C@@]1(C)C[C@@H](C)C2=NCN(CCCn3cnc(-c4ccccc4)c3)N3C(=O)O[C@](C)([C@H](C)OC(=O)C(C)(F)C(=O)[C@H](C)[C@H]1O[C@@H]1O[C@H](C)C[C@H](N(C)C)[C@H]1O)[C@H]3[C@@H]2C. The molecule has 4 aliphatic rings. The van der Waals surface area contributed by atoms with Crippen molar-refractivity contribution in [2.75, 3.05) is 34.4 Å². The molecule has 0 saturated carbocycles. The van der Waals surface area contributed by atoms with E-state index in [1.807, 2.05) is 85.9 Å². The number of carbonyl (C=O) groups excluding carboxylic acids is 3. The first kappa shape index (κ1) is 44.7. The van der Waals surface area contributed by atoms with Gasteiger partial charge in [0.15, 0.2) is 17.7 Å². The molecule has 326 valence electrons. The fourth-order valence-corrected chi connectivity index (χ4v) is 9.64. The van der Waals surface area contributed by atoms with E-state index in [9.17, 15) is 19.5 Å². The number of carbonyl (C=O) groups is 3. The Bertz CT molecular complexity index is 1860. The molecule has 3 fully saturated rings. The number of hydrazine groups is 1. The highest BCUT2D eigenvalue weighted by Gasteiger charge is 2.62. The van der Waals surface area contributed by atoms with Crippen LogP contribution in [0.25, 0.3) is 11.3 Å². The minimum Gasteiger partial charge on any atom is -0.456 e. The number of aryl methyl sites for hydroxylation is 1. The zero-order valence-corrected chi connectivity index (χ0v) is 36.3. The van der Waals surface area contributed by atoms with Gasteiger partial charge in [-0.3, -0.25) is 9.79 Å². The monoisotopic (exact) mass is 826 g/mol. The quantitative estimate of drug-likeness (QED) is 0.270. The molecule has 2 bridgehead atoms. The van der Waals surface area contributed by atoms with E-state index in [1.54, 1.807) is 32.1 Å². The molecule has 16 heteroatoms. The summed E-state index contributed by atoms with van der Waals surface area (Å²) in [6.07, 6.45) is -0.477. The maximum atomic E-state index is 16.9. The Balaban J connectivity index is 1.36. The number of ketones is 1. The number of esters is 1. The fourth-order valence-electron chi connectivity index (χ4n) is 9.64. The molecule has 6 rings (SSSR count). The molecule has 59 heavy (non-hydrogen) atoms. The molecule has 1 amide bonds. The standard InChI is InChI=1S/C43H63FN6O9/c1-25-21-41(6,55-11)37(58-38-34(51)32(47(9)10)20-26(2)56-38)28(4)36(52)42(7,44)39(53)57-29(5)43(8)35-27(3)33(25)46-24-49(50(35)40(54)59-43)19-15-18-48-22-31(45-23-48)30-16-13-12-14-17-30/h12-14,16-17,22-23,25-29,32,34-35,37-38,51H,15,18-21,24H2,1-11H3/t25-,26-,27-,28+,29+,32+,34-,35-,37-,38+,41+,42?,43-/m1/s1. The predicted molar refractivity (Wildman–Crippen MR) is 217 cm³/mol. The van der Waals surface area contributed by atoms with Crippen molar-refractivity contribution in [2.24, 2.45) is 22.7 Å². The third-order valence-electron chi connectivity index (χ3n) is 13.2. The van der Waals surface area contributed by atoms with Crippen LogP contribution in [-0.2, 0) is 39.8 Å². The lowest BCUT2D eigenvalue weighted by molar-refractivity contribution is -0.295. The number of halogens is 1. The van der Waals surface area contributed by atoms with Crippen molar-refractivity contribution < 1.29 is 47.6 Å². The van der Waals surface area contributed by atoms with Crippen LogP contribution in [0.3, 0.4) is 0 Å². The normalized spacial score (nSPS) is 38.7. The number of alkyl halides is 1. The highest BCUT2D eigenvalue weighted by Crippen LogP contribution is 2.44. The van der Waals surface area contributed by atoms with Crippen LogP contribution in [0, 0.1) is 17.8 Å². The number of aliphatic hydroxyl groups is 1. The number of benzene rings is 1. The number of hydrogen-bond acceptors (Lipinski definition) is 13. The van der Waals surface area contributed by atoms with Crippen LogP contribution in [0.15, 0.2) is 47.8 Å². The van der Waals surface area contributed by atoms with Crippen molar-refractivity contribution in [1.29, 1.82) is 0 Å². The second-order valence-corrected chi connectivity index (χ2v) is 17.8. The number of Topliss-reactive ketones (excluding diaryl/α,β-unsaturated/α-hetero) is 1. The molecular formula is C43H63FN6O9. The topological polar surface area (TPSA) is 157 Å². The number of rotatable bonds is 9. The van der Waals surface area contributed by atoms with E-state index in [0.717, 1.165) is 23.9 Å². The minimum atomic E-state index is -3.13. The van der Waals surface area contributed by atoms with Gasteiger partial charge in [0.25, 0.3) is 5.67 Å². The predicted octanol–water partition coefficient (Wildman–Crippen LogP) is 4.91. The van der Waals surface area contributed by atoms with Gasteiger partial charge in [-0.25, -0.2) is 24.0 Å².